The Bertz CT molecular complexity index is 367. The first-order chi connectivity index (χ1) is 7.34. The first kappa shape index (κ1) is 12.7. The minimum atomic E-state index is -1.12. The zero-order valence-corrected chi connectivity index (χ0v) is 10.3. The van der Waals surface area contributed by atoms with Crippen molar-refractivity contribution in [2.75, 3.05) is 7.11 Å². The minimum absolute atomic E-state index is 0.411. The minimum Gasteiger partial charge on any atom is -0.467 e. The van der Waals surface area contributed by atoms with Gasteiger partial charge in [-0.15, -0.1) is 0 Å². The van der Waals surface area contributed by atoms with E-state index in [4.69, 9.17) is 10.5 Å². The van der Waals surface area contributed by atoms with Crippen LogP contribution in [0.5, 0.6) is 0 Å². The van der Waals surface area contributed by atoms with Crippen LogP contribution < -0.4 is 5.73 Å². The Morgan fingerprint density at radius 2 is 1.69 bits per heavy atom. The predicted octanol–water partition coefficient (Wildman–Crippen LogP) is 2.06. The van der Waals surface area contributed by atoms with Crippen molar-refractivity contribution in [3.63, 3.8) is 0 Å². The van der Waals surface area contributed by atoms with Crippen LogP contribution >= 0.6 is 0 Å². The van der Waals surface area contributed by atoms with Crippen LogP contribution in [0.4, 0.5) is 0 Å². The van der Waals surface area contributed by atoms with E-state index in [1.807, 2.05) is 51.1 Å². The van der Waals surface area contributed by atoms with Crippen molar-refractivity contribution in [2.45, 2.75) is 26.3 Å². The molecule has 3 nitrogen and oxygen atoms in total. The SMILES string of the molecule is COC(=O)C(N)(c1ccccc1)C(C)(C)C. The number of ether oxygens (including phenoxy) is 1. The van der Waals surface area contributed by atoms with E-state index in [0.717, 1.165) is 5.56 Å². The predicted molar refractivity (Wildman–Crippen MR) is 63.8 cm³/mol. The number of esters is 1. The van der Waals surface area contributed by atoms with Crippen molar-refractivity contribution < 1.29 is 9.53 Å². The molecule has 1 unspecified atom stereocenters. The van der Waals surface area contributed by atoms with Gasteiger partial charge in [0.25, 0.3) is 0 Å². The van der Waals surface area contributed by atoms with Gasteiger partial charge in [-0.1, -0.05) is 51.1 Å². The maximum atomic E-state index is 11.9. The van der Waals surface area contributed by atoms with E-state index in [1.165, 1.54) is 7.11 Å². The molecule has 88 valence electrons. The van der Waals surface area contributed by atoms with Crippen LogP contribution in [0, 0.1) is 5.41 Å². The highest BCUT2D eigenvalue weighted by atomic mass is 16.5. The maximum Gasteiger partial charge on any atom is 0.331 e. The highest BCUT2D eigenvalue weighted by molar-refractivity contribution is 5.83. The molecule has 0 aliphatic carbocycles. The number of nitrogens with two attached hydrogens (primary N) is 1. The lowest BCUT2D eigenvalue weighted by molar-refractivity contribution is -0.152. The van der Waals surface area contributed by atoms with Crippen molar-refractivity contribution in [3.8, 4) is 0 Å². The zero-order valence-electron chi connectivity index (χ0n) is 10.3. The van der Waals surface area contributed by atoms with Gasteiger partial charge in [0.1, 0.15) is 5.54 Å². The van der Waals surface area contributed by atoms with Gasteiger partial charge in [0.15, 0.2) is 0 Å². The molecule has 0 saturated carbocycles. The van der Waals surface area contributed by atoms with Gasteiger partial charge >= 0.3 is 5.97 Å². The lowest BCUT2D eigenvalue weighted by atomic mass is 9.70. The molecule has 16 heavy (non-hydrogen) atoms. The number of methoxy groups -OCH3 is 1. The second-order valence-corrected chi connectivity index (χ2v) is 4.92. The second kappa shape index (κ2) is 4.26. The van der Waals surface area contributed by atoms with Crippen LogP contribution in [-0.2, 0) is 15.1 Å². The second-order valence-electron chi connectivity index (χ2n) is 4.92. The van der Waals surface area contributed by atoms with Gasteiger partial charge in [-0.25, -0.2) is 4.79 Å². The van der Waals surface area contributed by atoms with E-state index in [-0.39, 0.29) is 0 Å². The summed E-state index contributed by atoms with van der Waals surface area (Å²) in [5.74, 6) is -0.411. The Morgan fingerprint density at radius 3 is 2.06 bits per heavy atom. The summed E-state index contributed by atoms with van der Waals surface area (Å²) >= 11 is 0. The van der Waals surface area contributed by atoms with Crippen LogP contribution in [0.25, 0.3) is 0 Å². The third kappa shape index (κ3) is 1.95. The molecule has 0 spiro atoms. The molecule has 0 heterocycles. The third-order valence-corrected chi connectivity index (χ3v) is 2.92. The number of hydrogen-bond donors (Lipinski definition) is 1. The van der Waals surface area contributed by atoms with Crippen LogP contribution in [0.1, 0.15) is 26.3 Å². The number of carbonyl (C=O) groups is 1. The molecule has 0 radical (unpaired) electrons. The molecule has 1 atom stereocenters. The van der Waals surface area contributed by atoms with Crippen molar-refractivity contribution in [1.29, 1.82) is 0 Å². The summed E-state index contributed by atoms with van der Waals surface area (Å²) in [6.45, 7) is 5.78. The first-order valence-electron chi connectivity index (χ1n) is 5.27. The molecule has 0 bridgehead atoms. The van der Waals surface area contributed by atoms with Gasteiger partial charge in [0, 0.05) is 0 Å². The highest BCUT2D eigenvalue weighted by Gasteiger charge is 2.47. The summed E-state index contributed by atoms with van der Waals surface area (Å²) in [7, 11) is 1.36. The Hall–Kier alpha value is -1.35. The van der Waals surface area contributed by atoms with E-state index in [0.29, 0.717) is 0 Å². The van der Waals surface area contributed by atoms with E-state index < -0.39 is 16.9 Å². The lowest BCUT2D eigenvalue weighted by Gasteiger charge is -2.39. The summed E-state index contributed by atoms with van der Waals surface area (Å²) in [4.78, 5) is 11.9. The van der Waals surface area contributed by atoms with Crippen LogP contribution in [0.2, 0.25) is 0 Å². The summed E-state index contributed by atoms with van der Waals surface area (Å²) in [6.07, 6.45) is 0. The fourth-order valence-electron chi connectivity index (χ4n) is 1.72. The number of benzene rings is 1. The maximum absolute atomic E-state index is 11.9. The first-order valence-corrected chi connectivity index (χ1v) is 5.27. The molecule has 0 saturated heterocycles. The summed E-state index contributed by atoms with van der Waals surface area (Å²) < 4.78 is 4.83. The number of hydrogen-bond acceptors (Lipinski definition) is 3. The van der Waals surface area contributed by atoms with Crippen LogP contribution in [-0.4, -0.2) is 13.1 Å². The van der Waals surface area contributed by atoms with Gasteiger partial charge in [-0.2, -0.15) is 0 Å². The van der Waals surface area contributed by atoms with Gasteiger partial charge in [0.2, 0.25) is 0 Å². The number of carbonyl (C=O) groups excluding carboxylic acids is 1. The van der Waals surface area contributed by atoms with Crippen LogP contribution in [0.3, 0.4) is 0 Å². The lowest BCUT2D eigenvalue weighted by Crippen LogP contribution is -2.55. The van der Waals surface area contributed by atoms with E-state index in [1.54, 1.807) is 0 Å². The van der Waals surface area contributed by atoms with Crippen molar-refractivity contribution in [2.24, 2.45) is 11.1 Å². The molecule has 1 rings (SSSR count). The molecule has 0 fully saturated rings. The average molecular weight is 221 g/mol. The van der Waals surface area contributed by atoms with Crippen LogP contribution in [0.15, 0.2) is 30.3 Å². The standard InChI is InChI=1S/C13H19NO2/c1-12(2,3)13(14,11(15)16-4)10-8-6-5-7-9-10/h5-9H,14H2,1-4H3. The van der Waals surface area contributed by atoms with Crippen molar-refractivity contribution >= 4 is 5.97 Å². The summed E-state index contributed by atoms with van der Waals surface area (Å²) in [5.41, 5.74) is 5.51. The Balaban J connectivity index is 3.32. The van der Waals surface area contributed by atoms with Gasteiger partial charge in [-0.05, 0) is 11.0 Å². The molecule has 1 aromatic rings. The summed E-state index contributed by atoms with van der Waals surface area (Å²) in [5, 5.41) is 0. The quantitative estimate of drug-likeness (QED) is 0.778. The van der Waals surface area contributed by atoms with Gasteiger partial charge in [-0.3, -0.25) is 0 Å². The topological polar surface area (TPSA) is 52.3 Å². The third-order valence-electron chi connectivity index (χ3n) is 2.92. The summed E-state index contributed by atoms with van der Waals surface area (Å²) in [6, 6.07) is 9.32. The molecule has 0 aliphatic rings. The fraction of sp³-hybridized carbons (Fsp3) is 0.462. The molecule has 1 aromatic carbocycles. The molecule has 0 aromatic heterocycles. The Kier molecular flexibility index (Phi) is 3.38. The number of rotatable bonds is 2. The van der Waals surface area contributed by atoms with Crippen molar-refractivity contribution in [1.82, 2.24) is 0 Å². The largest absolute Gasteiger partial charge is 0.467 e. The normalized spacial score (nSPS) is 15.3. The smallest absolute Gasteiger partial charge is 0.331 e. The highest BCUT2D eigenvalue weighted by Crippen LogP contribution is 2.37. The van der Waals surface area contributed by atoms with Crippen molar-refractivity contribution in [3.05, 3.63) is 35.9 Å². The Labute approximate surface area is 96.6 Å². The molecular formula is C13H19NO2. The molecule has 2 N–H and O–H groups in total. The average Bonchev–Trinajstić information content (AvgIpc) is 2.26. The molecule has 3 heteroatoms. The molecular weight excluding hydrogens is 202 g/mol. The van der Waals surface area contributed by atoms with E-state index >= 15 is 0 Å². The Morgan fingerprint density at radius 1 is 1.19 bits per heavy atom. The van der Waals surface area contributed by atoms with E-state index in [9.17, 15) is 4.79 Å². The monoisotopic (exact) mass is 221 g/mol. The van der Waals surface area contributed by atoms with Gasteiger partial charge in [0.05, 0.1) is 7.11 Å². The molecule has 0 aliphatic heterocycles. The zero-order chi connectivity index (χ0) is 12.4. The van der Waals surface area contributed by atoms with E-state index in [2.05, 4.69) is 0 Å². The van der Waals surface area contributed by atoms with Gasteiger partial charge < -0.3 is 10.5 Å². The molecule has 0 amide bonds. The fourth-order valence-corrected chi connectivity index (χ4v) is 1.72.